The van der Waals surface area contributed by atoms with Crippen molar-refractivity contribution < 1.29 is 9.53 Å². The topological polar surface area (TPSA) is 52.3 Å². The molecule has 4 heteroatoms. The Kier molecular flexibility index (Phi) is 5.62. The first-order valence-corrected chi connectivity index (χ1v) is 7.17. The highest BCUT2D eigenvalue weighted by Gasteiger charge is 2.28. The van der Waals surface area contributed by atoms with Crippen LogP contribution in [0.3, 0.4) is 0 Å². The number of hydrogen-bond donors (Lipinski definition) is 1. The average Bonchev–Trinajstić information content (AvgIpc) is 2.76. The summed E-state index contributed by atoms with van der Waals surface area (Å²) in [5.74, 6) is 2.75. The van der Waals surface area contributed by atoms with Gasteiger partial charge in [0.25, 0.3) is 0 Å². The molecule has 0 radical (unpaired) electrons. The fraction of sp³-hybridized carbons (Fsp3) is 0.917. The second kappa shape index (κ2) is 6.50. The molecule has 0 aliphatic heterocycles. The number of ether oxygens (including phenoxy) is 1. The number of hydrogen-bond acceptors (Lipinski definition) is 4. The molecule has 1 saturated carbocycles. The predicted octanol–water partition coefficient (Wildman–Crippen LogP) is 2.19. The van der Waals surface area contributed by atoms with Crippen LogP contribution in [0.4, 0.5) is 0 Å². The van der Waals surface area contributed by atoms with Crippen LogP contribution in [0.15, 0.2) is 0 Å². The van der Waals surface area contributed by atoms with Crippen molar-refractivity contribution in [3.63, 3.8) is 0 Å². The number of methoxy groups -OCH3 is 1. The Morgan fingerprint density at radius 2 is 2.12 bits per heavy atom. The SMILES string of the molecule is COC(=O)C(C)(N)CCSCC1CCCC1. The molecule has 0 heterocycles. The highest BCUT2D eigenvalue weighted by molar-refractivity contribution is 7.99. The maximum Gasteiger partial charge on any atom is 0.325 e. The highest BCUT2D eigenvalue weighted by Crippen LogP contribution is 2.28. The van der Waals surface area contributed by atoms with E-state index in [2.05, 4.69) is 4.74 Å². The summed E-state index contributed by atoms with van der Waals surface area (Å²) in [7, 11) is 1.39. The molecule has 1 aliphatic carbocycles. The summed E-state index contributed by atoms with van der Waals surface area (Å²) in [4.78, 5) is 11.3. The molecule has 0 spiro atoms. The van der Waals surface area contributed by atoms with E-state index < -0.39 is 5.54 Å². The van der Waals surface area contributed by atoms with Gasteiger partial charge in [-0.15, -0.1) is 0 Å². The minimum Gasteiger partial charge on any atom is -0.468 e. The summed E-state index contributed by atoms with van der Waals surface area (Å²) >= 11 is 1.92. The first-order valence-electron chi connectivity index (χ1n) is 6.01. The van der Waals surface area contributed by atoms with E-state index in [0.29, 0.717) is 6.42 Å². The van der Waals surface area contributed by atoms with Crippen LogP contribution in [-0.4, -0.2) is 30.1 Å². The van der Waals surface area contributed by atoms with Gasteiger partial charge in [-0.05, 0) is 43.6 Å². The minimum absolute atomic E-state index is 0.311. The van der Waals surface area contributed by atoms with Crippen LogP contribution in [-0.2, 0) is 9.53 Å². The van der Waals surface area contributed by atoms with Gasteiger partial charge >= 0.3 is 5.97 Å². The zero-order chi connectivity index (χ0) is 12.0. The van der Waals surface area contributed by atoms with E-state index in [1.807, 2.05) is 11.8 Å². The third-order valence-corrected chi connectivity index (χ3v) is 4.45. The molecule has 94 valence electrons. The van der Waals surface area contributed by atoms with Gasteiger partial charge in [0.1, 0.15) is 5.54 Å². The Bertz CT molecular complexity index is 225. The third kappa shape index (κ3) is 4.34. The number of carbonyl (C=O) groups excluding carboxylic acids is 1. The van der Waals surface area contributed by atoms with Crippen LogP contribution in [0.1, 0.15) is 39.0 Å². The van der Waals surface area contributed by atoms with Gasteiger partial charge < -0.3 is 10.5 Å². The zero-order valence-electron chi connectivity index (χ0n) is 10.3. The molecule has 0 saturated heterocycles. The first kappa shape index (κ1) is 13.8. The predicted molar refractivity (Wildman–Crippen MR) is 68.5 cm³/mol. The quantitative estimate of drug-likeness (QED) is 0.576. The molecule has 0 aromatic carbocycles. The monoisotopic (exact) mass is 245 g/mol. The highest BCUT2D eigenvalue weighted by atomic mass is 32.2. The van der Waals surface area contributed by atoms with Crippen molar-refractivity contribution in [3.8, 4) is 0 Å². The van der Waals surface area contributed by atoms with Crippen molar-refractivity contribution in [3.05, 3.63) is 0 Å². The van der Waals surface area contributed by atoms with E-state index in [-0.39, 0.29) is 5.97 Å². The maximum atomic E-state index is 11.3. The summed E-state index contributed by atoms with van der Waals surface area (Å²) in [6.07, 6.45) is 6.23. The molecule has 1 fully saturated rings. The van der Waals surface area contributed by atoms with Crippen LogP contribution < -0.4 is 5.73 Å². The molecule has 1 atom stereocenters. The fourth-order valence-electron chi connectivity index (χ4n) is 2.05. The number of thioether (sulfide) groups is 1. The van der Waals surface area contributed by atoms with Gasteiger partial charge in [-0.3, -0.25) is 4.79 Å². The van der Waals surface area contributed by atoms with Gasteiger partial charge in [0.05, 0.1) is 7.11 Å². The smallest absolute Gasteiger partial charge is 0.325 e. The lowest BCUT2D eigenvalue weighted by molar-refractivity contribution is -0.146. The minimum atomic E-state index is -0.822. The lowest BCUT2D eigenvalue weighted by Crippen LogP contribution is -2.46. The van der Waals surface area contributed by atoms with E-state index in [1.54, 1.807) is 6.92 Å². The van der Waals surface area contributed by atoms with Crippen molar-refractivity contribution >= 4 is 17.7 Å². The Morgan fingerprint density at radius 1 is 1.50 bits per heavy atom. The molecule has 0 aromatic rings. The standard InChI is InChI=1S/C12H23NO2S/c1-12(13,11(14)15-2)7-8-16-9-10-5-3-4-6-10/h10H,3-9,13H2,1-2H3. The van der Waals surface area contributed by atoms with Gasteiger partial charge in [0.15, 0.2) is 0 Å². The Morgan fingerprint density at radius 3 is 2.69 bits per heavy atom. The number of nitrogens with two attached hydrogens (primary N) is 1. The summed E-state index contributed by atoms with van der Waals surface area (Å²) in [6, 6.07) is 0. The molecule has 16 heavy (non-hydrogen) atoms. The van der Waals surface area contributed by atoms with E-state index in [1.165, 1.54) is 38.5 Å². The van der Waals surface area contributed by atoms with Gasteiger partial charge in [0, 0.05) is 0 Å². The van der Waals surface area contributed by atoms with Crippen LogP contribution >= 0.6 is 11.8 Å². The molecule has 1 unspecified atom stereocenters. The van der Waals surface area contributed by atoms with Crippen molar-refractivity contribution in [1.29, 1.82) is 0 Å². The molecule has 0 aromatic heterocycles. The van der Waals surface area contributed by atoms with Gasteiger partial charge in [0.2, 0.25) is 0 Å². The fourth-order valence-corrected chi connectivity index (χ4v) is 3.45. The molecule has 1 aliphatic rings. The van der Waals surface area contributed by atoms with Gasteiger partial charge in [-0.2, -0.15) is 11.8 Å². The van der Waals surface area contributed by atoms with Crippen molar-refractivity contribution in [1.82, 2.24) is 0 Å². The molecular weight excluding hydrogens is 222 g/mol. The Labute approximate surface area is 102 Å². The lowest BCUT2D eigenvalue weighted by Gasteiger charge is -2.21. The number of rotatable bonds is 6. The van der Waals surface area contributed by atoms with Gasteiger partial charge in [-0.1, -0.05) is 12.8 Å². The normalized spacial score (nSPS) is 20.7. The second-order valence-corrected chi connectivity index (χ2v) is 6.03. The first-order chi connectivity index (χ1) is 7.56. The van der Waals surface area contributed by atoms with Crippen LogP contribution in [0.5, 0.6) is 0 Å². The molecular formula is C12H23NO2S. The molecule has 1 rings (SSSR count). The maximum absolute atomic E-state index is 11.3. The van der Waals surface area contributed by atoms with E-state index >= 15 is 0 Å². The Hall–Kier alpha value is -0.220. The van der Waals surface area contributed by atoms with Gasteiger partial charge in [-0.25, -0.2) is 0 Å². The van der Waals surface area contributed by atoms with Crippen LogP contribution in [0.2, 0.25) is 0 Å². The number of esters is 1. The Balaban J connectivity index is 2.11. The molecule has 0 amide bonds. The summed E-state index contributed by atoms with van der Waals surface area (Å²) < 4.78 is 4.67. The van der Waals surface area contributed by atoms with E-state index in [4.69, 9.17) is 5.73 Å². The van der Waals surface area contributed by atoms with E-state index in [0.717, 1.165) is 11.7 Å². The molecule has 2 N–H and O–H groups in total. The second-order valence-electron chi connectivity index (χ2n) is 4.88. The van der Waals surface area contributed by atoms with Crippen molar-refractivity contribution in [2.75, 3.05) is 18.6 Å². The summed E-state index contributed by atoms with van der Waals surface area (Å²) in [6.45, 7) is 1.75. The molecule has 0 bridgehead atoms. The summed E-state index contributed by atoms with van der Waals surface area (Å²) in [5.41, 5.74) is 5.06. The van der Waals surface area contributed by atoms with Crippen molar-refractivity contribution in [2.24, 2.45) is 11.7 Å². The third-order valence-electron chi connectivity index (χ3n) is 3.25. The van der Waals surface area contributed by atoms with Crippen LogP contribution in [0, 0.1) is 5.92 Å². The largest absolute Gasteiger partial charge is 0.468 e. The molecule has 3 nitrogen and oxygen atoms in total. The summed E-state index contributed by atoms with van der Waals surface area (Å²) in [5, 5.41) is 0. The average molecular weight is 245 g/mol. The number of carbonyl (C=O) groups is 1. The van der Waals surface area contributed by atoms with Crippen LogP contribution in [0.25, 0.3) is 0 Å². The van der Waals surface area contributed by atoms with Crippen molar-refractivity contribution in [2.45, 2.75) is 44.6 Å². The van der Waals surface area contributed by atoms with E-state index in [9.17, 15) is 4.79 Å². The zero-order valence-corrected chi connectivity index (χ0v) is 11.1. The lowest BCUT2D eigenvalue weighted by atomic mass is 10.0.